The number of nitro benzene ring substituents is 1. The Morgan fingerprint density at radius 1 is 1.42 bits per heavy atom. The minimum atomic E-state index is -0.475. The summed E-state index contributed by atoms with van der Waals surface area (Å²) < 4.78 is 0. The molecule has 19 heavy (non-hydrogen) atoms. The van der Waals surface area contributed by atoms with Crippen molar-refractivity contribution in [3.05, 3.63) is 51.8 Å². The van der Waals surface area contributed by atoms with Crippen LogP contribution in [0.4, 0.5) is 5.69 Å². The second kappa shape index (κ2) is 5.77. The maximum absolute atomic E-state index is 11.0. The van der Waals surface area contributed by atoms with Crippen LogP contribution in [0.5, 0.6) is 0 Å². The zero-order valence-corrected chi connectivity index (χ0v) is 10.9. The number of aliphatic hydroxyl groups is 1. The van der Waals surface area contributed by atoms with Crippen LogP contribution in [0.2, 0.25) is 0 Å². The lowest BCUT2D eigenvalue weighted by Gasteiger charge is -2.04. The maximum Gasteiger partial charge on any atom is 0.283 e. The molecule has 0 aliphatic carbocycles. The molecule has 2 aromatic rings. The molecular formula is C12H11N3O3S. The van der Waals surface area contributed by atoms with E-state index in [2.05, 4.69) is 9.97 Å². The van der Waals surface area contributed by atoms with Gasteiger partial charge in [-0.2, -0.15) is 0 Å². The summed E-state index contributed by atoms with van der Waals surface area (Å²) in [7, 11) is 0. The van der Waals surface area contributed by atoms with Crippen LogP contribution in [0.25, 0.3) is 0 Å². The number of hydrogen-bond donors (Lipinski definition) is 1. The van der Waals surface area contributed by atoms with Gasteiger partial charge >= 0.3 is 0 Å². The molecule has 0 atom stereocenters. The highest BCUT2D eigenvalue weighted by Crippen LogP contribution is 2.33. The highest BCUT2D eigenvalue weighted by molar-refractivity contribution is 7.99. The van der Waals surface area contributed by atoms with Crippen molar-refractivity contribution in [3.63, 3.8) is 0 Å². The van der Waals surface area contributed by atoms with Gasteiger partial charge in [-0.1, -0.05) is 6.07 Å². The highest BCUT2D eigenvalue weighted by Gasteiger charge is 2.16. The SMILES string of the molecule is Cc1ccnc(Sc2ccc(CO)cc2[N+](=O)[O-])n1. The molecule has 7 heteroatoms. The normalized spacial score (nSPS) is 10.4. The van der Waals surface area contributed by atoms with Gasteiger partial charge in [0.1, 0.15) is 0 Å². The van der Waals surface area contributed by atoms with Gasteiger partial charge in [0.2, 0.25) is 0 Å². The summed E-state index contributed by atoms with van der Waals surface area (Å²) in [5.74, 6) is 0. The van der Waals surface area contributed by atoms with Gasteiger partial charge in [0.05, 0.1) is 16.4 Å². The van der Waals surface area contributed by atoms with E-state index >= 15 is 0 Å². The van der Waals surface area contributed by atoms with Crippen molar-refractivity contribution in [1.82, 2.24) is 9.97 Å². The molecule has 0 aliphatic rings. The monoisotopic (exact) mass is 277 g/mol. The zero-order chi connectivity index (χ0) is 13.8. The lowest BCUT2D eigenvalue weighted by molar-refractivity contribution is -0.387. The molecule has 0 radical (unpaired) electrons. The average molecular weight is 277 g/mol. The number of aryl methyl sites for hydroxylation is 1. The smallest absolute Gasteiger partial charge is 0.283 e. The Morgan fingerprint density at radius 2 is 2.21 bits per heavy atom. The fourth-order valence-electron chi connectivity index (χ4n) is 1.46. The summed E-state index contributed by atoms with van der Waals surface area (Å²) in [5, 5.41) is 20.5. The quantitative estimate of drug-likeness (QED) is 0.524. The van der Waals surface area contributed by atoms with Crippen molar-refractivity contribution in [2.45, 2.75) is 23.6 Å². The lowest BCUT2D eigenvalue weighted by Crippen LogP contribution is -1.95. The third-order valence-corrected chi connectivity index (χ3v) is 3.32. The molecular weight excluding hydrogens is 266 g/mol. The zero-order valence-electron chi connectivity index (χ0n) is 10.1. The first kappa shape index (κ1) is 13.4. The van der Waals surface area contributed by atoms with Crippen LogP contribution in [0.15, 0.2) is 40.5 Å². The Bertz CT molecular complexity index is 619. The van der Waals surface area contributed by atoms with E-state index in [1.54, 1.807) is 24.4 Å². The summed E-state index contributed by atoms with van der Waals surface area (Å²) >= 11 is 1.13. The summed E-state index contributed by atoms with van der Waals surface area (Å²) in [6.07, 6.45) is 1.61. The number of rotatable bonds is 4. The van der Waals surface area contributed by atoms with E-state index in [0.717, 1.165) is 17.5 Å². The molecule has 0 fully saturated rings. The minimum Gasteiger partial charge on any atom is -0.392 e. The Morgan fingerprint density at radius 3 is 2.84 bits per heavy atom. The van der Waals surface area contributed by atoms with E-state index < -0.39 is 4.92 Å². The summed E-state index contributed by atoms with van der Waals surface area (Å²) in [6.45, 7) is 1.60. The largest absolute Gasteiger partial charge is 0.392 e. The molecule has 0 aliphatic heterocycles. The van der Waals surface area contributed by atoms with Gasteiger partial charge in [0.25, 0.3) is 5.69 Å². The summed E-state index contributed by atoms with van der Waals surface area (Å²) in [4.78, 5) is 19.2. The van der Waals surface area contributed by atoms with Crippen LogP contribution in [0.3, 0.4) is 0 Å². The molecule has 0 amide bonds. The average Bonchev–Trinajstić information content (AvgIpc) is 2.39. The van der Waals surface area contributed by atoms with E-state index in [-0.39, 0.29) is 12.3 Å². The van der Waals surface area contributed by atoms with Crippen LogP contribution in [0.1, 0.15) is 11.3 Å². The van der Waals surface area contributed by atoms with Crippen LogP contribution >= 0.6 is 11.8 Å². The van der Waals surface area contributed by atoms with Gasteiger partial charge in [0.15, 0.2) is 5.16 Å². The van der Waals surface area contributed by atoms with E-state index in [1.807, 2.05) is 6.92 Å². The maximum atomic E-state index is 11.0. The minimum absolute atomic E-state index is 0.0540. The Kier molecular flexibility index (Phi) is 4.08. The van der Waals surface area contributed by atoms with Crippen LogP contribution < -0.4 is 0 Å². The first-order valence-corrected chi connectivity index (χ1v) is 6.27. The van der Waals surface area contributed by atoms with Crippen molar-refractivity contribution in [2.75, 3.05) is 0 Å². The molecule has 0 saturated heterocycles. The first-order valence-electron chi connectivity index (χ1n) is 5.46. The number of aromatic nitrogens is 2. The van der Waals surface area contributed by atoms with E-state index in [9.17, 15) is 10.1 Å². The molecule has 0 bridgehead atoms. The van der Waals surface area contributed by atoms with Crippen molar-refractivity contribution < 1.29 is 10.0 Å². The number of hydrogen-bond acceptors (Lipinski definition) is 6. The van der Waals surface area contributed by atoms with E-state index in [0.29, 0.717) is 15.6 Å². The fourth-order valence-corrected chi connectivity index (χ4v) is 2.34. The standard InChI is InChI=1S/C12H11N3O3S/c1-8-4-5-13-12(14-8)19-11-3-2-9(7-16)6-10(11)15(17)18/h2-6,16H,7H2,1H3. The second-order valence-electron chi connectivity index (χ2n) is 3.80. The van der Waals surface area contributed by atoms with Crippen molar-refractivity contribution >= 4 is 17.4 Å². The molecule has 0 unspecified atom stereocenters. The van der Waals surface area contributed by atoms with Crippen LogP contribution in [0, 0.1) is 17.0 Å². The topological polar surface area (TPSA) is 89.2 Å². The van der Waals surface area contributed by atoms with Gasteiger partial charge in [-0.25, -0.2) is 9.97 Å². The summed E-state index contributed by atoms with van der Waals surface area (Å²) in [5.41, 5.74) is 1.25. The Balaban J connectivity index is 2.36. The molecule has 1 heterocycles. The number of aliphatic hydroxyl groups excluding tert-OH is 1. The van der Waals surface area contributed by atoms with E-state index in [4.69, 9.17) is 5.11 Å². The predicted molar refractivity (Wildman–Crippen MR) is 69.9 cm³/mol. The Hall–Kier alpha value is -1.99. The molecule has 1 aromatic heterocycles. The second-order valence-corrected chi connectivity index (χ2v) is 4.81. The third-order valence-electron chi connectivity index (χ3n) is 2.38. The summed E-state index contributed by atoms with van der Waals surface area (Å²) in [6, 6.07) is 6.36. The number of nitro groups is 1. The van der Waals surface area contributed by atoms with E-state index in [1.165, 1.54) is 6.07 Å². The lowest BCUT2D eigenvalue weighted by atomic mass is 10.2. The highest BCUT2D eigenvalue weighted by atomic mass is 32.2. The van der Waals surface area contributed by atoms with Crippen molar-refractivity contribution in [1.29, 1.82) is 0 Å². The number of benzene rings is 1. The molecule has 1 aromatic carbocycles. The predicted octanol–water partition coefficient (Wildman–Crippen LogP) is 2.34. The fraction of sp³-hybridized carbons (Fsp3) is 0.167. The number of nitrogens with zero attached hydrogens (tertiary/aromatic N) is 3. The Labute approximate surface area is 113 Å². The molecule has 1 N–H and O–H groups in total. The van der Waals surface area contributed by atoms with Crippen LogP contribution in [-0.2, 0) is 6.61 Å². The van der Waals surface area contributed by atoms with Gasteiger partial charge in [-0.05, 0) is 36.4 Å². The molecule has 98 valence electrons. The van der Waals surface area contributed by atoms with Crippen molar-refractivity contribution in [2.24, 2.45) is 0 Å². The molecule has 2 rings (SSSR count). The first-order chi connectivity index (χ1) is 9.10. The third kappa shape index (κ3) is 3.27. The van der Waals surface area contributed by atoms with Gasteiger partial charge in [-0.15, -0.1) is 0 Å². The van der Waals surface area contributed by atoms with Gasteiger partial charge < -0.3 is 5.11 Å². The molecule has 0 saturated carbocycles. The van der Waals surface area contributed by atoms with Crippen LogP contribution in [-0.4, -0.2) is 20.0 Å². The molecule has 0 spiro atoms. The van der Waals surface area contributed by atoms with Gasteiger partial charge in [0, 0.05) is 18.0 Å². The van der Waals surface area contributed by atoms with Gasteiger partial charge in [-0.3, -0.25) is 10.1 Å². The van der Waals surface area contributed by atoms with Crippen molar-refractivity contribution in [3.8, 4) is 0 Å². The molecule has 6 nitrogen and oxygen atoms in total.